The molecular formula is C10H20N2OS. The number of amides is 1. The summed E-state index contributed by atoms with van der Waals surface area (Å²) < 4.78 is 0. The standard InChI is InChI=1S/C10H20N2OS/c1-10(2,11-3)9(13)12-7-8-5-4-6-14-8/h8,11H,4-7H2,1-3H3,(H,12,13). The summed E-state index contributed by atoms with van der Waals surface area (Å²) in [6, 6.07) is 0. The molecule has 14 heavy (non-hydrogen) atoms. The second-order valence-electron chi connectivity index (χ2n) is 4.22. The van der Waals surface area contributed by atoms with Crippen LogP contribution < -0.4 is 10.6 Å². The third-order valence-electron chi connectivity index (χ3n) is 2.71. The van der Waals surface area contributed by atoms with Crippen molar-refractivity contribution in [2.45, 2.75) is 37.5 Å². The minimum atomic E-state index is -0.455. The van der Waals surface area contributed by atoms with Crippen molar-refractivity contribution in [3.05, 3.63) is 0 Å². The van der Waals surface area contributed by atoms with Crippen LogP contribution in [0.4, 0.5) is 0 Å². The number of nitrogens with one attached hydrogen (secondary N) is 2. The van der Waals surface area contributed by atoms with Crippen LogP contribution in [0.25, 0.3) is 0 Å². The smallest absolute Gasteiger partial charge is 0.239 e. The van der Waals surface area contributed by atoms with Crippen LogP contribution in [0, 0.1) is 0 Å². The molecule has 1 atom stereocenters. The third kappa shape index (κ3) is 3.17. The lowest BCUT2D eigenvalue weighted by atomic mass is 10.1. The molecule has 1 rings (SSSR count). The predicted octanol–water partition coefficient (Wildman–Crippen LogP) is 0.996. The zero-order valence-electron chi connectivity index (χ0n) is 9.22. The first-order valence-electron chi connectivity index (χ1n) is 5.15. The largest absolute Gasteiger partial charge is 0.353 e. The van der Waals surface area contributed by atoms with Crippen molar-refractivity contribution in [2.24, 2.45) is 0 Å². The van der Waals surface area contributed by atoms with Crippen LogP contribution in [0.2, 0.25) is 0 Å². The maximum atomic E-state index is 11.7. The minimum absolute atomic E-state index is 0.0903. The van der Waals surface area contributed by atoms with Gasteiger partial charge in [0, 0.05) is 11.8 Å². The molecule has 0 aromatic carbocycles. The predicted molar refractivity (Wildman–Crippen MR) is 61.6 cm³/mol. The van der Waals surface area contributed by atoms with Gasteiger partial charge in [-0.2, -0.15) is 11.8 Å². The van der Waals surface area contributed by atoms with Gasteiger partial charge in [0.15, 0.2) is 0 Å². The number of likely N-dealkylation sites (N-methyl/N-ethyl adjacent to an activating group) is 1. The van der Waals surface area contributed by atoms with Gasteiger partial charge in [0.25, 0.3) is 0 Å². The number of carbonyl (C=O) groups excluding carboxylic acids is 1. The fraction of sp³-hybridized carbons (Fsp3) is 0.900. The third-order valence-corrected chi connectivity index (χ3v) is 4.11. The number of hydrogen-bond donors (Lipinski definition) is 2. The molecule has 1 aliphatic heterocycles. The summed E-state index contributed by atoms with van der Waals surface area (Å²) in [5.41, 5.74) is -0.455. The van der Waals surface area contributed by atoms with Crippen molar-refractivity contribution in [3.63, 3.8) is 0 Å². The number of carbonyl (C=O) groups is 1. The van der Waals surface area contributed by atoms with E-state index in [2.05, 4.69) is 10.6 Å². The van der Waals surface area contributed by atoms with Crippen LogP contribution in [-0.4, -0.2) is 36.0 Å². The fourth-order valence-electron chi connectivity index (χ4n) is 1.35. The molecule has 0 aliphatic carbocycles. The summed E-state index contributed by atoms with van der Waals surface area (Å²) in [7, 11) is 1.81. The molecule has 1 saturated heterocycles. The van der Waals surface area contributed by atoms with Gasteiger partial charge in [0.2, 0.25) is 5.91 Å². The molecular weight excluding hydrogens is 196 g/mol. The molecule has 0 radical (unpaired) electrons. The van der Waals surface area contributed by atoms with Gasteiger partial charge in [-0.05, 0) is 39.5 Å². The molecule has 0 bridgehead atoms. The molecule has 0 saturated carbocycles. The Morgan fingerprint density at radius 1 is 1.57 bits per heavy atom. The summed E-state index contributed by atoms with van der Waals surface area (Å²) in [6.45, 7) is 4.60. The van der Waals surface area contributed by atoms with Gasteiger partial charge in [-0.1, -0.05) is 0 Å². The van der Waals surface area contributed by atoms with Crippen molar-refractivity contribution in [2.75, 3.05) is 19.3 Å². The second kappa shape index (κ2) is 5.03. The lowest BCUT2D eigenvalue weighted by Crippen LogP contribution is -2.52. The van der Waals surface area contributed by atoms with Crippen LogP contribution in [0.5, 0.6) is 0 Å². The molecule has 1 aliphatic rings. The van der Waals surface area contributed by atoms with E-state index in [4.69, 9.17) is 0 Å². The zero-order valence-corrected chi connectivity index (χ0v) is 10.0. The van der Waals surface area contributed by atoms with Gasteiger partial charge in [-0.15, -0.1) is 0 Å². The normalized spacial score (nSPS) is 22.4. The number of rotatable bonds is 4. The van der Waals surface area contributed by atoms with E-state index in [1.807, 2.05) is 32.7 Å². The van der Waals surface area contributed by atoms with Gasteiger partial charge in [0.05, 0.1) is 5.54 Å². The van der Waals surface area contributed by atoms with Crippen LogP contribution in [0.15, 0.2) is 0 Å². The van der Waals surface area contributed by atoms with Crippen LogP contribution in [0.1, 0.15) is 26.7 Å². The van der Waals surface area contributed by atoms with Crippen molar-refractivity contribution in [3.8, 4) is 0 Å². The second-order valence-corrected chi connectivity index (χ2v) is 5.63. The topological polar surface area (TPSA) is 41.1 Å². The highest BCUT2D eigenvalue weighted by molar-refractivity contribution is 8.00. The van der Waals surface area contributed by atoms with E-state index in [0.717, 1.165) is 6.54 Å². The van der Waals surface area contributed by atoms with E-state index in [0.29, 0.717) is 5.25 Å². The molecule has 0 aromatic heterocycles. The molecule has 82 valence electrons. The Kier molecular flexibility index (Phi) is 4.26. The van der Waals surface area contributed by atoms with Crippen molar-refractivity contribution in [1.82, 2.24) is 10.6 Å². The Bertz CT molecular complexity index is 200. The summed E-state index contributed by atoms with van der Waals surface area (Å²) in [4.78, 5) is 11.7. The Morgan fingerprint density at radius 2 is 2.29 bits per heavy atom. The molecule has 1 amide bonds. The summed E-state index contributed by atoms with van der Waals surface area (Å²) in [5, 5.41) is 6.62. The minimum Gasteiger partial charge on any atom is -0.353 e. The first kappa shape index (κ1) is 11.9. The number of hydrogen-bond acceptors (Lipinski definition) is 3. The molecule has 0 aromatic rings. The SMILES string of the molecule is CNC(C)(C)C(=O)NCC1CCCS1. The van der Waals surface area contributed by atoms with Crippen LogP contribution in [0.3, 0.4) is 0 Å². The lowest BCUT2D eigenvalue weighted by molar-refractivity contribution is -0.126. The quantitative estimate of drug-likeness (QED) is 0.736. The Labute approximate surface area is 90.4 Å². The molecule has 1 fully saturated rings. The average molecular weight is 216 g/mol. The first-order chi connectivity index (χ1) is 6.56. The van der Waals surface area contributed by atoms with Crippen molar-refractivity contribution < 1.29 is 4.79 Å². The van der Waals surface area contributed by atoms with Gasteiger partial charge in [-0.3, -0.25) is 4.79 Å². The highest BCUT2D eigenvalue weighted by Gasteiger charge is 2.26. The molecule has 4 heteroatoms. The Morgan fingerprint density at radius 3 is 2.79 bits per heavy atom. The molecule has 3 nitrogen and oxygen atoms in total. The summed E-state index contributed by atoms with van der Waals surface area (Å²) in [5.74, 6) is 1.34. The zero-order chi connectivity index (χ0) is 10.6. The highest BCUT2D eigenvalue weighted by atomic mass is 32.2. The van der Waals surface area contributed by atoms with Gasteiger partial charge in [0.1, 0.15) is 0 Å². The van der Waals surface area contributed by atoms with Crippen molar-refractivity contribution >= 4 is 17.7 Å². The van der Waals surface area contributed by atoms with E-state index in [1.54, 1.807) is 0 Å². The van der Waals surface area contributed by atoms with Gasteiger partial charge in [-0.25, -0.2) is 0 Å². The number of thioether (sulfide) groups is 1. The van der Waals surface area contributed by atoms with Crippen LogP contribution >= 0.6 is 11.8 Å². The molecule has 0 spiro atoms. The van der Waals surface area contributed by atoms with Gasteiger partial charge < -0.3 is 10.6 Å². The Balaban J connectivity index is 2.26. The Hall–Kier alpha value is -0.220. The molecule has 1 heterocycles. The maximum absolute atomic E-state index is 11.7. The summed E-state index contributed by atoms with van der Waals surface area (Å²) in [6.07, 6.45) is 2.53. The van der Waals surface area contributed by atoms with E-state index in [9.17, 15) is 4.79 Å². The fourth-order valence-corrected chi connectivity index (χ4v) is 2.55. The maximum Gasteiger partial charge on any atom is 0.239 e. The van der Waals surface area contributed by atoms with E-state index in [-0.39, 0.29) is 5.91 Å². The van der Waals surface area contributed by atoms with Gasteiger partial charge >= 0.3 is 0 Å². The molecule has 2 N–H and O–H groups in total. The van der Waals surface area contributed by atoms with E-state index < -0.39 is 5.54 Å². The lowest BCUT2D eigenvalue weighted by Gasteiger charge is -2.23. The monoisotopic (exact) mass is 216 g/mol. The average Bonchev–Trinajstić information content (AvgIpc) is 2.66. The summed E-state index contributed by atoms with van der Waals surface area (Å²) >= 11 is 1.97. The van der Waals surface area contributed by atoms with Crippen LogP contribution in [-0.2, 0) is 4.79 Å². The van der Waals surface area contributed by atoms with Crippen molar-refractivity contribution in [1.29, 1.82) is 0 Å². The molecule has 1 unspecified atom stereocenters. The highest BCUT2D eigenvalue weighted by Crippen LogP contribution is 2.25. The van der Waals surface area contributed by atoms with E-state index in [1.165, 1.54) is 18.6 Å². The van der Waals surface area contributed by atoms with E-state index >= 15 is 0 Å². The first-order valence-corrected chi connectivity index (χ1v) is 6.20.